The van der Waals surface area contributed by atoms with Crippen LogP contribution in [0.15, 0.2) is 61.1 Å². The molecule has 8 heteroatoms. The van der Waals surface area contributed by atoms with Crippen molar-refractivity contribution >= 4 is 34.0 Å². The SMILES string of the molecule is CN1CCC(COc2cnccc2Nc2cc(-c3cc(Cl)ccc3F)nc3ncccc23)CC1. The molecule has 4 heterocycles. The van der Waals surface area contributed by atoms with Crippen molar-refractivity contribution in [1.82, 2.24) is 19.9 Å². The molecule has 4 aromatic rings. The van der Waals surface area contributed by atoms with Crippen LogP contribution in [0.25, 0.3) is 22.3 Å². The van der Waals surface area contributed by atoms with Crippen molar-refractivity contribution in [3.8, 4) is 17.0 Å². The van der Waals surface area contributed by atoms with Gasteiger partial charge in [-0.25, -0.2) is 14.4 Å². The second-order valence-corrected chi connectivity index (χ2v) is 9.04. The number of benzene rings is 1. The van der Waals surface area contributed by atoms with Crippen molar-refractivity contribution in [3.05, 3.63) is 71.9 Å². The van der Waals surface area contributed by atoms with E-state index in [1.165, 1.54) is 12.1 Å². The molecule has 1 fully saturated rings. The second-order valence-electron chi connectivity index (χ2n) is 8.61. The van der Waals surface area contributed by atoms with Gasteiger partial charge in [0.1, 0.15) is 5.82 Å². The Hall–Kier alpha value is -3.29. The number of ether oxygens (including phenoxy) is 1. The minimum absolute atomic E-state index is 0.316. The third-order valence-corrected chi connectivity index (χ3v) is 6.39. The lowest BCUT2D eigenvalue weighted by molar-refractivity contribution is 0.160. The van der Waals surface area contributed by atoms with E-state index in [-0.39, 0.29) is 0 Å². The smallest absolute Gasteiger partial charge is 0.161 e. The van der Waals surface area contributed by atoms with Crippen LogP contribution in [-0.2, 0) is 0 Å². The fourth-order valence-electron chi connectivity index (χ4n) is 4.17. The van der Waals surface area contributed by atoms with Gasteiger partial charge in [-0.2, -0.15) is 0 Å². The molecule has 1 aromatic carbocycles. The van der Waals surface area contributed by atoms with Gasteiger partial charge in [-0.15, -0.1) is 0 Å². The molecule has 3 aromatic heterocycles. The van der Waals surface area contributed by atoms with Gasteiger partial charge in [0.05, 0.1) is 29.9 Å². The zero-order valence-corrected chi connectivity index (χ0v) is 19.6. The number of halogens is 2. The Morgan fingerprint density at radius 1 is 1.12 bits per heavy atom. The normalized spacial score (nSPS) is 14.9. The molecule has 34 heavy (non-hydrogen) atoms. The topological polar surface area (TPSA) is 63.2 Å². The molecule has 0 aliphatic carbocycles. The summed E-state index contributed by atoms with van der Waals surface area (Å²) >= 11 is 6.13. The summed E-state index contributed by atoms with van der Waals surface area (Å²) in [6.07, 6.45) is 7.34. The van der Waals surface area contributed by atoms with Gasteiger partial charge in [0.25, 0.3) is 0 Å². The Kier molecular flexibility index (Phi) is 6.56. The molecule has 0 atom stereocenters. The second kappa shape index (κ2) is 9.91. The molecule has 0 saturated carbocycles. The maximum Gasteiger partial charge on any atom is 0.161 e. The number of rotatable bonds is 6. The number of aromatic nitrogens is 3. The fourth-order valence-corrected chi connectivity index (χ4v) is 4.34. The number of nitrogens with zero attached hydrogens (tertiary/aromatic N) is 4. The lowest BCUT2D eigenvalue weighted by atomic mass is 9.98. The van der Waals surface area contributed by atoms with Crippen molar-refractivity contribution in [2.24, 2.45) is 5.92 Å². The number of anilines is 2. The quantitative estimate of drug-likeness (QED) is 0.370. The highest BCUT2D eigenvalue weighted by molar-refractivity contribution is 6.30. The van der Waals surface area contributed by atoms with Gasteiger partial charge in [0.15, 0.2) is 11.4 Å². The van der Waals surface area contributed by atoms with Gasteiger partial charge in [-0.05, 0) is 81.4 Å². The Bertz CT molecular complexity index is 1310. The zero-order chi connectivity index (χ0) is 23.5. The molecule has 174 valence electrons. The van der Waals surface area contributed by atoms with Crippen molar-refractivity contribution < 1.29 is 9.13 Å². The molecule has 5 rings (SSSR count). The third-order valence-electron chi connectivity index (χ3n) is 6.16. The summed E-state index contributed by atoms with van der Waals surface area (Å²) in [5.74, 6) is 0.794. The number of nitrogens with one attached hydrogen (secondary N) is 1. The van der Waals surface area contributed by atoms with E-state index in [1.807, 2.05) is 18.2 Å². The van der Waals surface area contributed by atoms with Crippen LogP contribution in [0.4, 0.5) is 15.8 Å². The van der Waals surface area contributed by atoms with E-state index in [9.17, 15) is 4.39 Å². The summed E-state index contributed by atoms with van der Waals surface area (Å²) < 4.78 is 20.8. The van der Waals surface area contributed by atoms with Crippen LogP contribution in [0.5, 0.6) is 5.75 Å². The van der Waals surface area contributed by atoms with Gasteiger partial charge >= 0.3 is 0 Å². The molecule has 6 nitrogen and oxygen atoms in total. The van der Waals surface area contributed by atoms with Crippen LogP contribution in [0, 0.1) is 11.7 Å². The number of pyridine rings is 3. The molecular weight excluding hydrogens is 453 g/mol. The predicted molar refractivity (Wildman–Crippen MR) is 133 cm³/mol. The van der Waals surface area contributed by atoms with Crippen molar-refractivity contribution in [2.45, 2.75) is 12.8 Å². The average Bonchev–Trinajstić information content (AvgIpc) is 2.86. The van der Waals surface area contributed by atoms with E-state index < -0.39 is 5.82 Å². The standard InChI is InChI=1S/C26H25ClFN5O/c1-33-11-7-17(8-12-33)16-34-25-15-29-10-6-22(25)31-23-14-24(20-13-18(27)4-5-21(20)28)32-26-19(23)3-2-9-30-26/h2-6,9-10,13-15,17H,7-8,11-12,16H2,1H3,(H,29,30,31,32). The van der Waals surface area contributed by atoms with Crippen molar-refractivity contribution in [1.29, 1.82) is 0 Å². The van der Waals surface area contributed by atoms with E-state index in [0.29, 0.717) is 40.2 Å². The first kappa shape index (κ1) is 22.5. The molecule has 0 unspecified atom stereocenters. The number of piperidine rings is 1. The van der Waals surface area contributed by atoms with Crippen LogP contribution in [0.1, 0.15) is 12.8 Å². The highest BCUT2D eigenvalue weighted by Crippen LogP contribution is 2.34. The molecule has 0 amide bonds. The van der Waals surface area contributed by atoms with Gasteiger partial charge < -0.3 is 15.0 Å². The number of fused-ring (bicyclic) bond motifs is 1. The lowest BCUT2D eigenvalue weighted by Crippen LogP contribution is -2.32. The van der Waals surface area contributed by atoms with Crippen LogP contribution in [0.2, 0.25) is 5.02 Å². The molecule has 0 spiro atoms. The Morgan fingerprint density at radius 3 is 2.82 bits per heavy atom. The van der Waals surface area contributed by atoms with E-state index >= 15 is 0 Å². The van der Waals surface area contributed by atoms with E-state index in [1.54, 1.807) is 30.7 Å². The predicted octanol–water partition coefficient (Wildman–Crippen LogP) is 5.95. The van der Waals surface area contributed by atoms with Gasteiger partial charge in [-0.3, -0.25) is 4.98 Å². The van der Waals surface area contributed by atoms with Crippen molar-refractivity contribution in [3.63, 3.8) is 0 Å². The first-order chi connectivity index (χ1) is 16.6. The summed E-state index contributed by atoms with van der Waals surface area (Å²) in [5, 5.41) is 4.70. The average molecular weight is 478 g/mol. The minimum atomic E-state index is -0.399. The summed E-state index contributed by atoms with van der Waals surface area (Å²) in [4.78, 5) is 15.6. The summed E-state index contributed by atoms with van der Waals surface area (Å²) in [7, 11) is 2.15. The molecule has 1 aliphatic rings. The lowest BCUT2D eigenvalue weighted by Gasteiger charge is -2.28. The maximum absolute atomic E-state index is 14.6. The Balaban J connectivity index is 1.47. The highest BCUT2D eigenvalue weighted by Gasteiger charge is 2.18. The van der Waals surface area contributed by atoms with Gasteiger partial charge in [0, 0.05) is 28.4 Å². The van der Waals surface area contributed by atoms with E-state index in [4.69, 9.17) is 16.3 Å². The summed E-state index contributed by atoms with van der Waals surface area (Å²) in [6, 6.07) is 11.9. The maximum atomic E-state index is 14.6. The largest absolute Gasteiger partial charge is 0.489 e. The summed E-state index contributed by atoms with van der Waals surface area (Å²) in [5.41, 5.74) is 2.78. The number of hydrogen-bond acceptors (Lipinski definition) is 6. The molecular formula is C26H25ClFN5O. The first-order valence-electron chi connectivity index (χ1n) is 11.3. The molecule has 1 aliphatic heterocycles. The number of hydrogen-bond donors (Lipinski definition) is 1. The van der Waals surface area contributed by atoms with E-state index in [2.05, 4.69) is 32.2 Å². The van der Waals surface area contributed by atoms with Crippen LogP contribution < -0.4 is 10.1 Å². The monoisotopic (exact) mass is 477 g/mol. The fraction of sp³-hybridized carbons (Fsp3) is 0.269. The molecule has 0 radical (unpaired) electrons. The zero-order valence-electron chi connectivity index (χ0n) is 18.8. The Morgan fingerprint density at radius 2 is 1.97 bits per heavy atom. The minimum Gasteiger partial charge on any atom is -0.489 e. The van der Waals surface area contributed by atoms with Crippen LogP contribution in [-0.4, -0.2) is 46.6 Å². The van der Waals surface area contributed by atoms with E-state index in [0.717, 1.165) is 42.7 Å². The van der Waals surface area contributed by atoms with Crippen molar-refractivity contribution in [2.75, 3.05) is 32.1 Å². The highest BCUT2D eigenvalue weighted by atomic mass is 35.5. The number of likely N-dealkylation sites (tertiary alicyclic amines) is 1. The van der Waals surface area contributed by atoms with Crippen LogP contribution in [0.3, 0.4) is 0 Å². The van der Waals surface area contributed by atoms with Crippen LogP contribution >= 0.6 is 11.6 Å². The first-order valence-corrected chi connectivity index (χ1v) is 11.7. The summed E-state index contributed by atoms with van der Waals surface area (Å²) in [6.45, 7) is 2.82. The molecule has 1 N–H and O–H groups in total. The molecule has 0 bridgehead atoms. The third kappa shape index (κ3) is 4.95. The Labute approximate surface area is 202 Å². The molecule has 1 saturated heterocycles. The van der Waals surface area contributed by atoms with Gasteiger partial charge in [-0.1, -0.05) is 11.6 Å². The van der Waals surface area contributed by atoms with Gasteiger partial charge in [0.2, 0.25) is 0 Å².